The average molecular weight is 539 g/mol. The molecule has 0 radical (unpaired) electrons. The molecule has 14 N–H and O–H groups in total. The van der Waals surface area contributed by atoms with Gasteiger partial charge in [-0.05, 0) is 18.2 Å². The van der Waals surface area contributed by atoms with Gasteiger partial charge in [0.2, 0.25) is 20.0 Å². The number of hydrogen-bond acceptors (Lipinski definition) is 13. The van der Waals surface area contributed by atoms with Gasteiger partial charge in [-0.25, -0.2) is 47.5 Å². The number of rotatable bonds is 9. The fourth-order valence-electron chi connectivity index (χ4n) is 3.67. The number of primary sulfonamides is 1. The van der Waals surface area contributed by atoms with Crippen LogP contribution in [-0.4, -0.2) is 50.9 Å². The van der Waals surface area contributed by atoms with Gasteiger partial charge in [0, 0.05) is 30.3 Å². The highest BCUT2D eigenvalue weighted by Crippen LogP contribution is 2.36. The summed E-state index contributed by atoms with van der Waals surface area (Å²) in [6, 6.07) is 6.79. The van der Waals surface area contributed by atoms with E-state index in [1.807, 2.05) is 0 Å². The van der Waals surface area contributed by atoms with Gasteiger partial charge in [0.1, 0.15) is 16.0 Å². The van der Waals surface area contributed by atoms with Crippen LogP contribution in [0.2, 0.25) is 0 Å². The summed E-state index contributed by atoms with van der Waals surface area (Å²) in [5.74, 6) is 0.196. The highest BCUT2D eigenvalue weighted by molar-refractivity contribution is 7.92. The maximum Gasteiger partial charge on any atom is 0.242 e. The van der Waals surface area contributed by atoms with Crippen molar-refractivity contribution in [2.45, 2.75) is 22.0 Å². The second-order valence-corrected chi connectivity index (χ2v) is 10.9. The first-order chi connectivity index (χ1) is 17.0. The van der Waals surface area contributed by atoms with Crippen LogP contribution in [0.25, 0.3) is 22.6 Å². The van der Waals surface area contributed by atoms with Crippen molar-refractivity contribution in [1.82, 2.24) is 41.6 Å². The molecule has 0 atom stereocenters. The van der Waals surface area contributed by atoms with Crippen LogP contribution in [0.5, 0.6) is 0 Å². The Morgan fingerprint density at radius 2 is 1.67 bits per heavy atom. The number of nitrogens with two attached hydrogens (primary N) is 4. The Bertz CT molecular complexity index is 1460. The molecule has 0 saturated carbocycles. The zero-order chi connectivity index (χ0) is 26.1. The molecule has 0 spiro atoms. The first-order valence-corrected chi connectivity index (χ1v) is 13.5. The number of hydrogen-bond donors (Lipinski definition) is 10. The van der Waals surface area contributed by atoms with Crippen molar-refractivity contribution >= 4 is 26.0 Å². The number of nitrogens with zero attached hydrogens (tertiary/aromatic N) is 2. The first-order valence-electron chi connectivity index (χ1n) is 10.5. The van der Waals surface area contributed by atoms with Gasteiger partial charge in [0.25, 0.3) is 0 Å². The molecular weight excluding hydrogens is 512 g/mol. The number of sulfonamides is 2. The third-order valence-electron chi connectivity index (χ3n) is 5.31. The van der Waals surface area contributed by atoms with Crippen molar-refractivity contribution in [1.29, 1.82) is 0 Å². The summed E-state index contributed by atoms with van der Waals surface area (Å²) in [7, 11) is -9.01. The van der Waals surface area contributed by atoms with Crippen molar-refractivity contribution in [2.24, 2.45) is 16.6 Å². The Hall–Kier alpha value is -3.04. The summed E-state index contributed by atoms with van der Waals surface area (Å²) in [4.78, 5) is 10.2. The maximum absolute atomic E-state index is 13.2. The predicted molar refractivity (Wildman–Crippen MR) is 131 cm³/mol. The summed E-state index contributed by atoms with van der Waals surface area (Å²) >= 11 is 0. The monoisotopic (exact) mass is 538 g/mol. The zero-order valence-electron chi connectivity index (χ0n) is 18.7. The fraction of sp³-hybridized carbons (Fsp3) is 0.222. The molecule has 3 aromatic rings. The van der Waals surface area contributed by atoms with Crippen LogP contribution in [-0.2, 0) is 20.0 Å². The van der Waals surface area contributed by atoms with Crippen LogP contribution in [0.1, 0.15) is 11.7 Å². The number of imidazole rings is 1. The molecule has 3 heterocycles. The number of aromatic nitrogens is 3. The van der Waals surface area contributed by atoms with E-state index < -0.39 is 42.0 Å². The van der Waals surface area contributed by atoms with Gasteiger partial charge in [-0.2, -0.15) is 11.1 Å². The lowest BCUT2D eigenvalue weighted by Crippen LogP contribution is -2.45. The molecule has 0 amide bonds. The van der Waals surface area contributed by atoms with Crippen LogP contribution in [0, 0.1) is 0 Å². The van der Waals surface area contributed by atoms with E-state index in [1.165, 1.54) is 12.3 Å². The van der Waals surface area contributed by atoms with E-state index in [1.54, 1.807) is 18.2 Å². The number of nitrogen functional groups attached to an aromatic ring is 1. The Labute approximate surface area is 206 Å². The second-order valence-electron chi connectivity index (χ2n) is 7.75. The molecule has 36 heavy (non-hydrogen) atoms. The standard InChI is InChI=1S/C18H26N12O4S2/c19-6-9(7-20)28-36(33,34)14-5-4-10(15(16(14)35(22,31)32)17-26-29-30-27-17)11-2-1-3-12(24-11)13-8-23-18(21)25-13/h1-5,8-9,17,26-30H,6-7,19-20H2,(H3,21,23,25)(H2,22,31,32). The zero-order valence-corrected chi connectivity index (χ0v) is 20.3. The minimum Gasteiger partial charge on any atom is -0.369 e. The van der Waals surface area contributed by atoms with E-state index in [0.717, 1.165) is 6.07 Å². The van der Waals surface area contributed by atoms with Gasteiger partial charge >= 0.3 is 0 Å². The molecule has 1 saturated heterocycles. The molecule has 0 aliphatic carbocycles. The topological polar surface area (TPSA) is 274 Å². The van der Waals surface area contributed by atoms with E-state index in [4.69, 9.17) is 22.3 Å². The van der Waals surface area contributed by atoms with E-state index in [9.17, 15) is 16.8 Å². The second kappa shape index (κ2) is 10.1. The minimum atomic E-state index is -4.60. The number of aromatic amines is 1. The van der Waals surface area contributed by atoms with Crippen LogP contribution in [0.4, 0.5) is 5.95 Å². The van der Waals surface area contributed by atoms with Gasteiger partial charge in [-0.15, -0.1) is 0 Å². The molecule has 4 rings (SSSR count). The SMILES string of the molecule is NCC(CN)NS(=O)(=O)c1ccc(-c2cccc(-c3cnc(N)[nH]3)n2)c(C2NNNN2)c1S(N)(=O)=O. The molecular formula is C18H26N12O4S2. The number of H-pyrrole nitrogens is 1. The van der Waals surface area contributed by atoms with Crippen LogP contribution in [0.15, 0.2) is 46.3 Å². The van der Waals surface area contributed by atoms with Gasteiger partial charge in [-0.1, -0.05) is 12.1 Å². The summed E-state index contributed by atoms with van der Waals surface area (Å²) in [6.45, 7) is -0.195. The number of benzene rings is 1. The third kappa shape index (κ3) is 5.22. The first kappa shape index (κ1) is 26.0. The van der Waals surface area contributed by atoms with E-state index in [-0.39, 0.29) is 30.2 Å². The highest BCUT2D eigenvalue weighted by atomic mass is 32.2. The molecule has 0 unspecified atom stereocenters. The van der Waals surface area contributed by atoms with Crippen molar-refractivity contribution in [3.63, 3.8) is 0 Å². The van der Waals surface area contributed by atoms with Gasteiger partial charge < -0.3 is 22.2 Å². The lowest BCUT2D eigenvalue weighted by Gasteiger charge is -2.22. The summed E-state index contributed by atoms with van der Waals surface area (Å²) < 4.78 is 54.5. The van der Waals surface area contributed by atoms with Crippen molar-refractivity contribution in [2.75, 3.05) is 18.8 Å². The van der Waals surface area contributed by atoms with Crippen LogP contribution in [0.3, 0.4) is 0 Å². The van der Waals surface area contributed by atoms with Crippen LogP contribution < -0.4 is 49.0 Å². The molecule has 0 bridgehead atoms. The quantitative estimate of drug-likeness (QED) is 0.131. The summed E-state index contributed by atoms with van der Waals surface area (Å²) in [6.07, 6.45) is 0.565. The molecule has 16 nitrogen and oxygen atoms in total. The summed E-state index contributed by atoms with van der Waals surface area (Å²) in [5, 5.41) is 5.58. The summed E-state index contributed by atoms with van der Waals surface area (Å²) in [5.41, 5.74) is 29.2. The van der Waals surface area contributed by atoms with E-state index in [0.29, 0.717) is 17.1 Å². The Balaban J connectivity index is 1.96. The average Bonchev–Trinajstić information content (AvgIpc) is 3.53. The van der Waals surface area contributed by atoms with E-state index in [2.05, 4.69) is 41.6 Å². The normalized spacial score (nSPS) is 15.1. The number of hydrazine groups is 3. The minimum absolute atomic E-state index is 0.00342. The molecule has 1 aliphatic heterocycles. The molecule has 1 aliphatic rings. The van der Waals surface area contributed by atoms with E-state index >= 15 is 0 Å². The van der Waals surface area contributed by atoms with Crippen molar-refractivity contribution in [3.05, 3.63) is 42.1 Å². The smallest absolute Gasteiger partial charge is 0.242 e. The highest BCUT2D eigenvalue weighted by Gasteiger charge is 2.35. The molecule has 1 fully saturated rings. The lowest BCUT2D eigenvalue weighted by molar-refractivity contribution is 0.528. The fourth-order valence-corrected chi connectivity index (χ4v) is 6.59. The van der Waals surface area contributed by atoms with Gasteiger partial charge in [-0.3, -0.25) is 0 Å². The molecule has 2 aromatic heterocycles. The Morgan fingerprint density at radius 1 is 1.00 bits per heavy atom. The number of anilines is 1. The molecule has 194 valence electrons. The van der Waals surface area contributed by atoms with Crippen molar-refractivity contribution in [3.8, 4) is 22.6 Å². The maximum atomic E-state index is 13.2. The van der Waals surface area contributed by atoms with Gasteiger partial charge in [0.05, 0.1) is 23.3 Å². The molecule has 1 aromatic carbocycles. The number of pyridine rings is 1. The van der Waals surface area contributed by atoms with Gasteiger partial charge in [0.15, 0.2) is 5.95 Å². The lowest BCUT2D eigenvalue weighted by atomic mass is 10.0. The van der Waals surface area contributed by atoms with Crippen molar-refractivity contribution < 1.29 is 16.8 Å². The predicted octanol–water partition coefficient (Wildman–Crippen LogP) is -2.95. The molecule has 18 heteroatoms. The third-order valence-corrected chi connectivity index (χ3v) is 8.01. The Kier molecular flexibility index (Phi) is 7.33. The number of nitrogens with one attached hydrogen (secondary N) is 6. The van der Waals surface area contributed by atoms with Crippen LogP contribution >= 0.6 is 0 Å². The largest absolute Gasteiger partial charge is 0.369 e. The Morgan fingerprint density at radius 3 is 2.25 bits per heavy atom.